The van der Waals surface area contributed by atoms with Crippen LogP contribution in [-0.4, -0.2) is 58.2 Å². The molecule has 0 bridgehead atoms. The molecule has 0 radical (unpaired) electrons. The third-order valence-electron chi connectivity index (χ3n) is 3.54. The quantitative estimate of drug-likeness (QED) is 0.770. The highest BCUT2D eigenvalue weighted by atomic mass is 16.5. The van der Waals surface area contributed by atoms with E-state index in [1.54, 1.807) is 17.1 Å². The number of hydrogen-bond acceptors (Lipinski definition) is 5. The lowest BCUT2D eigenvalue weighted by atomic mass is 10.1. The number of β-amino-alcohol motifs (C(OH)–C–C–N with tert-alkyl or cyclic N) is 1. The van der Waals surface area contributed by atoms with Gasteiger partial charge in [-0.05, 0) is 25.8 Å². The fourth-order valence-electron chi connectivity index (χ4n) is 2.65. The number of nitrogens with two attached hydrogens (primary N) is 1. The standard InChI is InChI=1S/C14H26N4O2/c1-2-6-20-14-4-3-5-17(11-14)9-13(19)10-18-8-12(15)7-16-18/h7-8,13-14,19H,2-6,9-11,15H2,1H3. The van der Waals surface area contributed by atoms with Gasteiger partial charge in [-0.3, -0.25) is 9.58 Å². The molecule has 3 N–H and O–H groups in total. The van der Waals surface area contributed by atoms with Crippen molar-refractivity contribution in [2.75, 3.05) is 32.0 Å². The Bertz CT molecular complexity index is 396. The van der Waals surface area contributed by atoms with E-state index in [0.29, 0.717) is 24.9 Å². The van der Waals surface area contributed by atoms with Crippen molar-refractivity contribution in [1.29, 1.82) is 0 Å². The molecule has 1 aromatic heterocycles. The SMILES string of the molecule is CCCOC1CCCN(CC(O)Cn2cc(N)cn2)C1. The predicted molar refractivity (Wildman–Crippen MR) is 78.4 cm³/mol. The number of anilines is 1. The summed E-state index contributed by atoms with van der Waals surface area (Å²) in [5, 5.41) is 14.2. The minimum Gasteiger partial charge on any atom is -0.396 e. The van der Waals surface area contributed by atoms with Gasteiger partial charge >= 0.3 is 0 Å². The van der Waals surface area contributed by atoms with E-state index in [0.717, 1.165) is 39.0 Å². The lowest BCUT2D eigenvalue weighted by Crippen LogP contribution is -2.44. The summed E-state index contributed by atoms with van der Waals surface area (Å²) in [6, 6.07) is 0. The first-order valence-electron chi connectivity index (χ1n) is 7.47. The molecule has 1 aromatic rings. The average Bonchev–Trinajstić information content (AvgIpc) is 2.82. The number of aromatic nitrogens is 2. The van der Waals surface area contributed by atoms with Gasteiger partial charge in [-0.2, -0.15) is 5.10 Å². The first-order valence-corrected chi connectivity index (χ1v) is 7.47. The first-order chi connectivity index (χ1) is 9.67. The Kier molecular flexibility index (Phi) is 5.82. The van der Waals surface area contributed by atoms with E-state index in [1.807, 2.05) is 0 Å². The molecule has 1 aliphatic rings. The molecular weight excluding hydrogens is 256 g/mol. The zero-order chi connectivity index (χ0) is 14.4. The molecule has 0 aromatic carbocycles. The number of rotatable bonds is 7. The van der Waals surface area contributed by atoms with Crippen LogP contribution < -0.4 is 5.73 Å². The molecule has 0 aliphatic carbocycles. The van der Waals surface area contributed by atoms with Gasteiger partial charge in [0.25, 0.3) is 0 Å². The highest BCUT2D eigenvalue weighted by molar-refractivity contribution is 5.30. The third kappa shape index (κ3) is 4.77. The highest BCUT2D eigenvalue weighted by Crippen LogP contribution is 2.14. The number of ether oxygens (including phenoxy) is 1. The van der Waals surface area contributed by atoms with Crippen molar-refractivity contribution in [2.45, 2.75) is 44.9 Å². The van der Waals surface area contributed by atoms with Crippen molar-refractivity contribution in [3.8, 4) is 0 Å². The van der Waals surface area contributed by atoms with Crippen LogP contribution in [0.25, 0.3) is 0 Å². The van der Waals surface area contributed by atoms with Crippen molar-refractivity contribution in [2.24, 2.45) is 0 Å². The predicted octanol–water partition coefficient (Wildman–Crippen LogP) is 0.717. The summed E-state index contributed by atoms with van der Waals surface area (Å²) >= 11 is 0. The number of nitrogen functional groups attached to an aromatic ring is 1. The molecule has 20 heavy (non-hydrogen) atoms. The zero-order valence-corrected chi connectivity index (χ0v) is 12.2. The van der Waals surface area contributed by atoms with Crippen molar-refractivity contribution in [3.05, 3.63) is 12.4 Å². The van der Waals surface area contributed by atoms with Gasteiger partial charge in [0.15, 0.2) is 0 Å². The molecule has 2 heterocycles. The number of piperidine rings is 1. The second-order valence-electron chi connectivity index (χ2n) is 5.54. The molecule has 2 atom stereocenters. The van der Waals surface area contributed by atoms with Crippen molar-refractivity contribution < 1.29 is 9.84 Å². The summed E-state index contributed by atoms with van der Waals surface area (Å²) in [7, 11) is 0. The summed E-state index contributed by atoms with van der Waals surface area (Å²) in [5.41, 5.74) is 6.24. The second kappa shape index (κ2) is 7.61. The molecule has 0 spiro atoms. The Labute approximate surface area is 120 Å². The number of likely N-dealkylation sites (tertiary alicyclic amines) is 1. The Morgan fingerprint density at radius 2 is 2.40 bits per heavy atom. The van der Waals surface area contributed by atoms with Gasteiger partial charge in [-0.15, -0.1) is 0 Å². The van der Waals surface area contributed by atoms with Crippen LogP contribution >= 0.6 is 0 Å². The summed E-state index contributed by atoms with van der Waals surface area (Å²) < 4.78 is 7.50. The van der Waals surface area contributed by atoms with Gasteiger partial charge in [0, 0.05) is 25.9 Å². The molecule has 1 aliphatic heterocycles. The van der Waals surface area contributed by atoms with Crippen LogP contribution in [0.2, 0.25) is 0 Å². The van der Waals surface area contributed by atoms with Crippen LogP contribution in [0.1, 0.15) is 26.2 Å². The minimum atomic E-state index is -0.431. The number of aliphatic hydroxyl groups is 1. The minimum absolute atomic E-state index is 0.316. The maximum absolute atomic E-state index is 10.1. The molecule has 1 fully saturated rings. The summed E-state index contributed by atoms with van der Waals surface area (Å²) in [6.07, 6.45) is 6.54. The Morgan fingerprint density at radius 3 is 3.10 bits per heavy atom. The second-order valence-corrected chi connectivity index (χ2v) is 5.54. The van der Waals surface area contributed by atoms with Crippen molar-refractivity contribution in [1.82, 2.24) is 14.7 Å². The van der Waals surface area contributed by atoms with Crippen LogP contribution in [-0.2, 0) is 11.3 Å². The van der Waals surface area contributed by atoms with Crippen LogP contribution in [0.3, 0.4) is 0 Å². The van der Waals surface area contributed by atoms with E-state index >= 15 is 0 Å². The van der Waals surface area contributed by atoms with Crippen LogP contribution in [0.5, 0.6) is 0 Å². The Hall–Kier alpha value is -1.11. The molecule has 6 nitrogen and oxygen atoms in total. The third-order valence-corrected chi connectivity index (χ3v) is 3.54. The van der Waals surface area contributed by atoms with E-state index < -0.39 is 6.10 Å². The number of hydrogen-bond donors (Lipinski definition) is 2. The normalized spacial score (nSPS) is 22.0. The molecule has 6 heteroatoms. The van der Waals surface area contributed by atoms with Crippen LogP contribution in [0.4, 0.5) is 5.69 Å². The van der Waals surface area contributed by atoms with E-state index in [2.05, 4.69) is 16.9 Å². The van der Waals surface area contributed by atoms with Gasteiger partial charge in [0.05, 0.1) is 30.6 Å². The van der Waals surface area contributed by atoms with E-state index in [4.69, 9.17) is 10.5 Å². The topological polar surface area (TPSA) is 76.5 Å². The first kappa shape index (κ1) is 15.3. The van der Waals surface area contributed by atoms with E-state index in [-0.39, 0.29) is 0 Å². The zero-order valence-electron chi connectivity index (χ0n) is 12.2. The Balaban J connectivity index is 1.74. The maximum atomic E-state index is 10.1. The molecule has 1 saturated heterocycles. The van der Waals surface area contributed by atoms with Crippen LogP contribution in [0, 0.1) is 0 Å². The lowest BCUT2D eigenvalue weighted by molar-refractivity contribution is -0.0136. The lowest BCUT2D eigenvalue weighted by Gasteiger charge is -2.33. The monoisotopic (exact) mass is 282 g/mol. The highest BCUT2D eigenvalue weighted by Gasteiger charge is 2.22. The van der Waals surface area contributed by atoms with Crippen molar-refractivity contribution in [3.63, 3.8) is 0 Å². The van der Waals surface area contributed by atoms with Gasteiger partial charge in [-0.1, -0.05) is 6.92 Å². The fraction of sp³-hybridized carbons (Fsp3) is 0.786. The summed E-state index contributed by atoms with van der Waals surface area (Å²) in [5.74, 6) is 0. The van der Waals surface area contributed by atoms with Gasteiger partial charge in [-0.25, -0.2) is 0 Å². The average molecular weight is 282 g/mol. The molecular formula is C14H26N4O2. The molecule has 0 saturated carbocycles. The van der Waals surface area contributed by atoms with Gasteiger partial charge < -0.3 is 15.6 Å². The smallest absolute Gasteiger partial charge is 0.0862 e. The summed E-state index contributed by atoms with van der Waals surface area (Å²) in [6.45, 7) is 6.04. The van der Waals surface area contributed by atoms with Gasteiger partial charge in [0.2, 0.25) is 0 Å². The van der Waals surface area contributed by atoms with Gasteiger partial charge in [0.1, 0.15) is 0 Å². The fourth-order valence-corrected chi connectivity index (χ4v) is 2.65. The van der Waals surface area contributed by atoms with Crippen molar-refractivity contribution >= 4 is 5.69 Å². The molecule has 2 rings (SSSR count). The molecule has 2 unspecified atom stereocenters. The molecule has 114 valence electrons. The number of aliphatic hydroxyl groups excluding tert-OH is 1. The molecule has 0 amide bonds. The van der Waals surface area contributed by atoms with E-state index in [1.165, 1.54) is 0 Å². The Morgan fingerprint density at radius 1 is 1.55 bits per heavy atom. The van der Waals surface area contributed by atoms with Crippen LogP contribution in [0.15, 0.2) is 12.4 Å². The maximum Gasteiger partial charge on any atom is 0.0862 e. The largest absolute Gasteiger partial charge is 0.396 e. The number of nitrogens with zero attached hydrogens (tertiary/aromatic N) is 3. The summed E-state index contributed by atoms with van der Waals surface area (Å²) in [4.78, 5) is 2.28. The van der Waals surface area contributed by atoms with E-state index in [9.17, 15) is 5.11 Å².